The maximum absolute atomic E-state index is 12.0. The topological polar surface area (TPSA) is 67.4 Å². The summed E-state index contributed by atoms with van der Waals surface area (Å²) in [7, 11) is -3.44. The minimum atomic E-state index is -3.44. The molecule has 18 heavy (non-hydrogen) atoms. The van der Waals surface area contributed by atoms with Crippen molar-refractivity contribution in [1.82, 2.24) is 10.0 Å². The lowest BCUT2D eigenvalue weighted by atomic mass is 10.2. The van der Waals surface area contributed by atoms with Crippen molar-refractivity contribution in [3.8, 4) is 0 Å². The number of sulfonamides is 1. The van der Waals surface area contributed by atoms with Crippen molar-refractivity contribution in [3.63, 3.8) is 0 Å². The van der Waals surface area contributed by atoms with Crippen LogP contribution < -0.4 is 10.0 Å². The maximum Gasteiger partial charge on any atom is 0.240 e. The first-order valence-corrected chi connectivity index (χ1v) is 7.45. The molecule has 1 aliphatic heterocycles. The van der Waals surface area contributed by atoms with E-state index < -0.39 is 10.0 Å². The standard InChI is InChI=1S/C12H18N2O3S/c1-10-3-2-4-12(7-10)18(15,16)14-9-11-8-13-5-6-17-11/h2-4,7,11,13-14H,5-6,8-9H2,1H3. The van der Waals surface area contributed by atoms with Crippen molar-refractivity contribution in [2.75, 3.05) is 26.2 Å². The van der Waals surface area contributed by atoms with Crippen LogP contribution in [0.15, 0.2) is 29.2 Å². The number of morpholine rings is 1. The molecular formula is C12H18N2O3S. The molecule has 1 fully saturated rings. The first-order valence-electron chi connectivity index (χ1n) is 5.96. The van der Waals surface area contributed by atoms with E-state index in [4.69, 9.17) is 4.74 Å². The smallest absolute Gasteiger partial charge is 0.240 e. The lowest BCUT2D eigenvalue weighted by Gasteiger charge is -2.23. The summed E-state index contributed by atoms with van der Waals surface area (Å²) < 4.78 is 32.1. The van der Waals surface area contributed by atoms with Crippen molar-refractivity contribution < 1.29 is 13.2 Å². The van der Waals surface area contributed by atoms with Crippen molar-refractivity contribution in [3.05, 3.63) is 29.8 Å². The van der Waals surface area contributed by atoms with Crippen LogP contribution in [0.4, 0.5) is 0 Å². The van der Waals surface area contributed by atoms with Gasteiger partial charge >= 0.3 is 0 Å². The predicted octanol–water partition coefficient (Wildman–Crippen LogP) is 0.262. The van der Waals surface area contributed by atoms with Gasteiger partial charge in [0, 0.05) is 19.6 Å². The zero-order chi connectivity index (χ0) is 13.0. The van der Waals surface area contributed by atoms with Crippen molar-refractivity contribution in [1.29, 1.82) is 0 Å². The molecule has 1 saturated heterocycles. The highest BCUT2D eigenvalue weighted by molar-refractivity contribution is 7.89. The summed E-state index contributed by atoms with van der Waals surface area (Å²) >= 11 is 0. The second-order valence-electron chi connectivity index (χ2n) is 4.37. The number of hydrogen-bond donors (Lipinski definition) is 2. The van der Waals surface area contributed by atoms with Gasteiger partial charge in [0.2, 0.25) is 10.0 Å². The van der Waals surface area contributed by atoms with Crippen LogP contribution in [-0.4, -0.2) is 40.8 Å². The monoisotopic (exact) mass is 270 g/mol. The number of nitrogens with one attached hydrogen (secondary N) is 2. The van der Waals surface area contributed by atoms with Gasteiger partial charge in [-0.05, 0) is 24.6 Å². The molecule has 2 N–H and O–H groups in total. The van der Waals surface area contributed by atoms with E-state index in [1.54, 1.807) is 18.2 Å². The third-order valence-electron chi connectivity index (χ3n) is 2.81. The minimum Gasteiger partial charge on any atom is -0.374 e. The molecule has 1 aromatic rings. The molecule has 0 radical (unpaired) electrons. The molecule has 1 aromatic carbocycles. The quantitative estimate of drug-likeness (QED) is 0.823. The van der Waals surface area contributed by atoms with Gasteiger partial charge in [0.05, 0.1) is 17.6 Å². The van der Waals surface area contributed by atoms with Gasteiger partial charge in [-0.3, -0.25) is 0 Å². The fraction of sp³-hybridized carbons (Fsp3) is 0.500. The van der Waals surface area contributed by atoms with E-state index in [2.05, 4.69) is 10.0 Å². The van der Waals surface area contributed by atoms with Crippen LogP contribution in [0.2, 0.25) is 0 Å². The number of benzene rings is 1. The summed E-state index contributed by atoms with van der Waals surface area (Å²) in [5.41, 5.74) is 0.924. The molecule has 0 spiro atoms. The maximum atomic E-state index is 12.0. The van der Waals surface area contributed by atoms with Crippen LogP contribution in [0.1, 0.15) is 5.56 Å². The Bertz CT molecular complexity index is 496. The summed E-state index contributed by atoms with van der Waals surface area (Å²) in [5.74, 6) is 0. The summed E-state index contributed by atoms with van der Waals surface area (Å²) in [6, 6.07) is 6.85. The van der Waals surface area contributed by atoms with Gasteiger partial charge in [-0.2, -0.15) is 0 Å². The summed E-state index contributed by atoms with van der Waals surface area (Å²) in [6.45, 7) is 4.28. The van der Waals surface area contributed by atoms with Crippen molar-refractivity contribution in [2.24, 2.45) is 0 Å². The average molecular weight is 270 g/mol. The molecule has 0 amide bonds. The minimum absolute atomic E-state index is 0.0988. The molecule has 1 unspecified atom stereocenters. The number of aryl methyl sites for hydroxylation is 1. The van der Waals surface area contributed by atoms with E-state index in [0.29, 0.717) is 24.6 Å². The van der Waals surface area contributed by atoms with Crippen LogP contribution in [-0.2, 0) is 14.8 Å². The second-order valence-corrected chi connectivity index (χ2v) is 6.13. The molecule has 0 bridgehead atoms. The molecule has 0 aromatic heterocycles. The highest BCUT2D eigenvalue weighted by Gasteiger charge is 2.18. The molecule has 2 rings (SSSR count). The summed E-state index contributed by atoms with van der Waals surface area (Å²) in [4.78, 5) is 0.297. The molecule has 0 aliphatic carbocycles. The lowest BCUT2D eigenvalue weighted by Crippen LogP contribution is -2.45. The molecule has 1 atom stereocenters. The molecular weight excluding hydrogens is 252 g/mol. The Morgan fingerprint density at radius 1 is 1.50 bits per heavy atom. The van der Waals surface area contributed by atoms with Crippen molar-refractivity contribution >= 4 is 10.0 Å². The van der Waals surface area contributed by atoms with Gasteiger partial charge < -0.3 is 10.1 Å². The van der Waals surface area contributed by atoms with Gasteiger partial charge in [0.25, 0.3) is 0 Å². The van der Waals surface area contributed by atoms with Gasteiger partial charge in [0.15, 0.2) is 0 Å². The van der Waals surface area contributed by atoms with Gasteiger partial charge in [-0.1, -0.05) is 12.1 Å². The highest BCUT2D eigenvalue weighted by Crippen LogP contribution is 2.10. The molecule has 5 nitrogen and oxygen atoms in total. The van der Waals surface area contributed by atoms with E-state index in [1.807, 2.05) is 13.0 Å². The fourth-order valence-electron chi connectivity index (χ4n) is 1.82. The Labute approximate surface area is 108 Å². The van der Waals surface area contributed by atoms with Crippen LogP contribution in [0.5, 0.6) is 0 Å². The average Bonchev–Trinajstić information content (AvgIpc) is 2.38. The van der Waals surface area contributed by atoms with E-state index in [-0.39, 0.29) is 6.10 Å². The molecule has 6 heteroatoms. The Kier molecular flexibility index (Phi) is 4.34. The summed E-state index contributed by atoms with van der Waals surface area (Å²) in [5, 5.41) is 3.16. The largest absolute Gasteiger partial charge is 0.374 e. The molecule has 100 valence electrons. The van der Waals surface area contributed by atoms with E-state index >= 15 is 0 Å². The van der Waals surface area contributed by atoms with Gasteiger partial charge in [-0.15, -0.1) is 0 Å². The zero-order valence-corrected chi connectivity index (χ0v) is 11.2. The molecule has 1 aliphatic rings. The van der Waals surface area contributed by atoms with Gasteiger partial charge in [-0.25, -0.2) is 13.1 Å². The second kappa shape index (κ2) is 5.79. The number of ether oxygens (including phenoxy) is 1. The molecule has 1 heterocycles. The number of hydrogen-bond acceptors (Lipinski definition) is 4. The first kappa shape index (κ1) is 13.5. The van der Waals surface area contributed by atoms with E-state index in [1.165, 1.54) is 0 Å². The lowest BCUT2D eigenvalue weighted by molar-refractivity contribution is 0.0324. The molecule has 0 saturated carbocycles. The first-order chi connectivity index (χ1) is 8.58. The van der Waals surface area contributed by atoms with E-state index in [0.717, 1.165) is 12.1 Å². The van der Waals surface area contributed by atoms with E-state index in [9.17, 15) is 8.42 Å². The Morgan fingerprint density at radius 2 is 2.33 bits per heavy atom. The highest BCUT2D eigenvalue weighted by atomic mass is 32.2. The van der Waals surface area contributed by atoms with Crippen LogP contribution in [0.25, 0.3) is 0 Å². The summed E-state index contributed by atoms with van der Waals surface area (Å²) in [6.07, 6.45) is -0.0988. The predicted molar refractivity (Wildman–Crippen MR) is 69.0 cm³/mol. The third-order valence-corrected chi connectivity index (χ3v) is 4.23. The van der Waals surface area contributed by atoms with Crippen LogP contribution in [0, 0.1) is 6.92 Å². The third kappa shape index (κ3) is 3.52. The Hall–Kier alpha value is -0.950. The normalized spacial score (nSPS) is 20.8. The SMILES string of the molecule is Cc1cccc(S(=O)(=O)NCC2CNCCO2)c1. The Morgan fingerprint density at radius 3 is 3.00 bits per heavy atom. The Balaban J connectivity index is 1.98. The zero-order valence-electron chi connectivity index (χ0n) is 10.3. The number of rotatable bonds is 4. The van der Waals surface area contributed by atoms with Crippen molar-refractivity contribution in [2.45, 2.75) is 17.9 Å². The van der Waals surface area contributed by atoms with Crippen LogP contribution in [0.3, 0.4) is 0 Å². The van der Waals surface area contributed by atoms with Gasteiger partial charge in [0.1, 0.15) is 0 Å². The van der Waals surface area contributed by atoms with Crippen LogP contribution >= 0.6 is 0 Å². The fourth-order valence-corrected chi connectivity index (χ4v) is 2.99.